The first-order chi connectivity index (χ1) is 8.33. The standard InChI is InChI=1S/C17H33/c1-3-5-7-9-10-12-14-17(15-16-17)13-11-8-6-4-2/h13H,3-12,14-16H2,1-2H3. The van der Waals surface area contributed by atoms with Gasteiger partial charge in [-0.05, 0) is 37.5 Å². The second kappa shape index (κ2) is 9.00. The average molecular weight is 237 g/mol. The maximum Gasteiger partial charge on any atom is -0.0266 e. The predicted octanol–water partition coefficient (Wildman–Crippen LogP) is 6.30. The van der Waals surface area contributed by atoms with Gasteiger partial charge in [0.05, 0.1) is 0 Å². The number of hydrogen-bond donors (Lipinski definition) is 0. The van der Waals surface area contributed by atoms with Gasteiger partial charge < -0.3 is 0 Å². The molecule has 0 aromatic heterocycles. The van der Waals surface area contributed by atoms with Crippen LogP contribution in [0.1, 0.15) is 97.3 Å². The largest absolute Gasteiger partial charge is 0.0654 e. The lowest BCUT2D eigenvalue weighted by atomic mass is 9.91. The summed E-state index contributed by atoms with van der Waals surface area (Å²) in [5, 5.41) is 0. The van der Waals surface area contributed by atoms with E-state index in [9.17, 15) is 0 Å². The Hall–Kier alpha value is 0. The van der Waals surface area contributed by atoms with Crippen LogP contribution in [0, 0.1) is 11.8 Å². The highest BCUT2D eigenvalue weighted by Crippen LogP contribution is 2.53. The van der Waals surface area contributed by atoms with Gasteiger partial charge in [-0.2, -0.15) is 0 Å². The van der Waals surface area contributed by atoms with Crippen molar-refractivity contribution in [1.82, 2.24) is 0 Å². The van der Waals surface area contributed by atoms with E-state index in [0.29, 0.717) is 0 Å². The molecular formula is C17H33. The van der Waals surface area contributed by atoms with Gasteiger partial charge in [-0.3, -0.25) is 0 Å². The summed E-state index contributed by atoms with van der Waals surface area (Å²) in [7, 11) is 0. The Morgan fingerprint density at radius 1 is 0.765 bits per heavy atom. The molecule has 0 heterocycles. The van der Waals surface area contributed by atoms with E-state index in [1.54, 1.807) is 0 Å². The van der Waals surface area contributed by atoms with Gasteiger partial charge in [-0.25, -0.2) is 0 Å². The van der Waals surface area contributed by atoms with E-state index in [2.05, 4.69) is 20.3 Å². The van der Waals surface area contributed by atoms with Crippen LogP contribution in [0.4, 0.5) is 0 Å². The zero-order valence-corrected chi connectivity index (χ0v) is 12.3. The van der Waals surface area contributed by atoms with Gasteiger partial charge in [0.15, 0.2) is 0 Å². The van der Waals surface area contributed by atoms with Crippen molar-refractivity contribution in [2.75, 3.05) is 0 Å². The van der Waals surface area contributed by atoms with E-state index >= 15 is 0 Å². The lowest BCUT2D eigenvalue weighted by molar-refractivity contribution is 0.465. The summed E-state index contributed by atoms with van der Waals surface area (Å²) >= 11 is 0. The Morgan fingerprint density at radius 2 is 1.35 bits per heavy atom. The lowest BCUT2D eigenvalue weighted by Gasteiger charge is -2.14. The van der Waals surface area contributed by atoms with Gasteiger partial charge in [0.25, 0.3) is 0 Å². The van der Waals surface area contributed by atoms with Crippen LogP contribution in [0.25, 0.3) is 0 Å². The van der Waals surface area contributed by atoms with E-state index in [0.717, 1.165) is 5.41 Å². The third-order valence-electron chi connectivity index (χ3n) is 4.31. The molecule has 0 nitrogen and oxygen atoms in total. The average Bonchev–Trinajstić information content (AvgIpc) is 3.10. The smallest absolute Gasteiger partial charge is 0.0266 e. The molecule has 1 fully saturated rings. The zero-order valence-electron chi connectivity index (χ0n) is 12.3. The Morgan fingerprint density at radius 3 is 2.00 bits per heavy atom. The Balaban J connectivity index is 1.91. The van der Waals surface area contributed by atoms with Gasteiger partial charge in [0, 0.05) is 0 Å². The van der Waals surface area contributed by atoms with Gasteiger partial charge >= 0.3 is 0 Å². The molecule has 1 saturated carbocycles. The van der Waals surface area contributed by atoms with E-state index in [4.69, 9.17) is 0 Å². The highest BCUT2D eigenvalue weighted by atomic mass is 14.5. The molecular weight excluding hydrogens is 204 g/mol. The molecule has 17 heavy (non-hydrogen) atoms. The highest BCUT2D eigenvalue weighted by molar-refractivity contribution is 5.03. The minimum absolute atomic E-state index is 0.721. The Kier molecular flexibility index (Phi) is 7.97. The summed E-state index contributed by atoms with van der Waals surface area (Å²) in [4.78, 5) is 0. The van der Waals surface area contributed by atoms with Crippen LogP contribution in [-0.4, -0.2) is 0 Å². The highest BCUT2D eigenvalue weighted by Gasteiger charge is 2.40. The molecule has 0 N–H and O–H groups in total. The second-order valence-corrected chi connectivity index (χ2v) is 6.08. The van der Waals surface area contributed by atoms with Crippen molar-refractivity contribution < 1.29 is 0 Å². The molecule has 0 heteroatoms. The molecule has 1 aliphatic carbocycles. The van der Waals surface area contributed by atoms with Crippen molar-refractivity contribution in [2.45, 2.75) is 97.3 Å². The molecule has 1 radical (unpaired) electrons. The zero-order chi connectivity index (χ0) is 12.4. The molecule has 0 amide bonds. The molecule has 0 spiro atoms. The van der Waals surface area contributed by atoms with Crippen molar-refractivity contribution >= 4 is 0 Å². The SMILES string of the molecule is CCCCC[CH]C1(CCCCCCCC)CC1. The maximum absolute atomic E-state index is 2.68. The monoisotopic (exact) mass is 237 g/mol. The van der Waals surface area contributed by atoms with Crippen LogP contribution < -0.4 is 0 Å². The summed E-state index contributed by atoms with van der Waals surface area (Å²) in [6, 6.07) is 0. The first-order valence-electron chi connectivity index (χ1n) is 8.17. The van der Waals surface area contributed by atoms with E-state index < -0.39 is 0 Å². The number of unbranched alkanes of at least 4 members (excludes halogenated alkanes) is 8. The molecule has 0 atom stereocenters. The fourth-order valence-electron chi connectivity index (χ4n) is 2.78. The van der Waals surface area contributed by atoms with Gasteiger partial charge in [-0.15, -0.1) is 0 Å². The number of rotatable bonds is 12. The van der Waals surface area contributed by atoms with Gasteiger partial charge in [-0.1, -0.05) is 71.6 Å². The summed E-state index contributed by atoms with van der Waals surface area (Å²) in [6.45, 7) is 4.59. The minimum atomic E-state index is 0.721. The topological polar surface area (TPSA) is 0 Å². The molecule has 0 bridgehead atoms. The molecule has 0 unspecified atom stereocenters. The fraction of sp³-hybridized carbons (Fsp3) is 0.941. The van der Waals surface area contributed by atoms with Crippen LogP contribution in [0.15, 0.2) is 0 Å². The van der Waals surface area contributed by atoms with Crippen molar-refractivity contribution in [3.8, 4) is 0 Å². The quantitative estimate of drug-likeness (QED) is 0.349. The molecule has 0 aromatic rings. The third kappa shape index (κ3) is 7.11. The molecule has 0 aromatic carbocycles. The lowest BCUT2D eigenvalue weighted by Crippen LogP contribution is -2.01. The van der Waals surface area contributed by atoms with E-state index in [-0.39, 0.29) is 0 Å². The third-order valence-corrected chi connectivity index (χ3v) is 4.31. The fourth-order valence-corrected chi connectivity index (χ4v) is 2.78. The minimum Gasteiger partial charge on any atom is -0.0654 e. The van der Waals surface area contributed by atoms with Crippen LogP contribution >= 0.6 is 0 Å². The summed E-state index contributed by atoms with van der Waals surface area (Å²) in [5.74, 6) is 0. The molecule has 1 rings (SSSR count). The van der Waals surface area contributed by atoms with Crippen molar-refractivity contribution in [2.24, 2.45) is 5.41 Å². The normalized spacial score (nSPS) is 17.3. The second-order valence-electron chi connectivity index (χ2n) is 6.08. The first-order valence-corrected chi connectivity index (χ1v) is 8.17. The Labute approximate surface area is 110 Å². The summed E-state index contributed by atoms with van der Waals surface area (Å²) in [6.07, 6.45) is 21.4. The molecule has 101 valence electrons. The van der Waals surface area contributed by atoms with Gasteiger partial charge in [0.1, 0.15) is 0 Å². The van der Waals surface area contributed by atoms with Crippen LogP contribution in [0.5, 0.6) is 0 Å². The van der Waals surface area contributed by atoms with E-state index in [1.165, 1.54) is 83.5 Å². The van der Waals surface area contributed by atoms with Crippen molar-refractivity contribution in [3.63, 3.8) is 0 Å². The number of hydrogen-bond acceptors (Lipinski definition) is 0. The summed E-state index contributed by atoms with van der Waals surface area (Å²) in [5.41, 5.74) is 0.721. The maximum atomic E-state index is 2.68. The van der Waals surface area contributed by atoms with E-state index in [1.807, 2.05) is 0 Å². The summed E-state index contributed by atoms with van der Waals surface area (Å²) < 4.78 is 0. The van der Waals surface area contributed by atoms with Gasteiger partial charge in [0.2, 0.25) is 0 Å². The first kappa shape index (κ1) is 15.1. The van der Waals surface area contributed by atoms with Crippen molar-refractivity contribution in [1.29, 1.82) is 0 Å². The van der Waals surface area contributed by atoms with Crippen LogP contribution in [-0.2, 0) is 0 Å². The molecule has 1 aliphatic rings. The predicted molar refractivity (Wildman–Crippen MR) is 78.1 cm³/mol. The molecule has 0 saturated heterocycles. The molecule has 0 aliphatic heterocycles. The van der Waals surface area contributed by atoms with Crippen LogP contribution in [0.2, 0.25) is 0 Å². The van der Waals surface area contributed by atoms with Crippen molar-refractivity contribution in [3.05, 3.63) is 6.42 Å². The van der Waals surface area contributed by atoms with Crippen LogP contribution in [0.3, 0.4) is 0 Å². The Bertz CT molecular complexity index is 167.